The van der Waals surface area contributed by atoms with Crippen molar-refractivity contribution < 1.29 is 34.8 Å². The quantitative estimate of drug-likeness (QED) is 0.225. The third kappa shape index (κ3) is 23.0. The van der Waals surface area contributed by atoms with Gasteiger partial charge in [-0.2, -0.15) is 0 Å². The summed E-state index contributed by atoms with van der Waals surface area (Å²) in [5.74, 6) is -1.08. The largest absolute Gasteiger partial charge is 0.497 e. The van der Waals surface area contributed by atoms with Crippen molar-refractivity contribution in [2.45, 2.75) is 13.3 Å². The molecule has 0 fully saturated rings. The van der Waals surface area contributed by atoms with Crippen LogP contribution in [0.1, 0.15) is 18.9 Å². The Morgan fingerprint density at radius 1 is 0.966 bits per heavy atom. The van der Waals surface area contributed by atoms with E-state index in [1.165, 1.54) is 6.08 Å². The normalized spacial score (nSPS) is 10.3. The Balaban J connectivity index is 0. The summed E-state index contributed by atoms with van der Waals surface area (Å²) in [5, 5.41) is 35.5. The van der Waals surface area contributed by atoms with Gasteiger partial charge in [-0.3, -0.25) is 0 Å². The maximum Gasteiger partial charge on any atom is 0.328 e. The van der Waals surface area contributed by atoms with Gasteiger partial charge in [0.15, 0.2) is 0 Å². The van der Waals surface area contributed by atoms with E-state index in [9.17, 15) is 9.59 Å². The molecule has 0 heterocycles. The van der Waals surface area contributed by atoms with Gasteiger partial charge < -0.3 is 30.5 Å². The first-order valence-electron chi connectivity index (χ1n) is 8.89. The summed E-state index contributed by atoms with van der Waals surface area (Å²) in [4.78, 5) is 20.0. The smallest absolute Gasteiger partial charge is 0.328 e. The van der Waals surface area contributed by atoms with Crippen molar-refractivity contribution in [3.05, 3.63) is 60.2 Å². The molecule has 0 atom stereocenters. The van der Waals surface area contributed by atoms with Crippen molar-refractivity contribution in [3.8, 4) is 5.75 Å². The molecule has 0 bridgehead atoms. The number of ether oxygens (including phenoxy) is 1. The second-order valence-corrected chi connectivity index (χ2v) is 5.19. The minimum Gasteiger partial charge on any atom is -0.497 e. The summed E-state index contributed by atoms with van der Waals surface area (Å²) in [6.45, 7) is 3.32. The lowest BCUT2D eigenvalue weighted by molar-refractivity contribution is -0.132. The van der Waals surface area contributed by atoms with Gasteiger partial charge in [0.25, 0.3) is 0 Å². The van der Waals surface area contributed by atoms with E-state index in [1.807, 2.05) is 19.1 Å². The number of aliphatic hydroxyl groups is 2. The molecule has 1 aromatic carbocycles. The predicted molar refractivity (Wildman–Crippen MR) is 113 cm³/mol. The van der Waals surface area contributed by atoms with Crippen molar-refractivity contribution in [2.75, 3.05) is 33.4 Å². The number of benzene rings is 1. The second-order valence-electron chi connectivity index (χ2n) is 5.19. The summed E-state index contributed by atoms with van der Waals surface area (Å²) >= 11 is 0. The van der Waals surface area contributed by atoms with Gasteiger partial charge >= 0.3 is 11.9 Å². The molecule has 0 radical (unpaired) electrons. The number of allylic oxidation sites excluding steroid dienone is 3. The lowest BCUT2D eigenvalue weighted by Gasteiger charge is -1.98. The van der Waals surface area contributed by atoms with Gasteiger partial charge in [0, 0.05) is 25.2 Å². The summed E-state index contributed by atoms with van der Waals surface area (Å²) in [6.07, 6.45) is 9.83. The molecule has 8 heteroatoms. The average molecular weight is 409 g/mol. The molecule has 0 spiro atoms. The van der Waals surface area contributed by atoms with Crippen LogP contribution in [-0.2, 0) is 9.59 Å². The molecule has 162 valence electrons. The number of aliphatic hydroxyl groups excluding tert-OH is 2. The zero-order valence-electron chi connectivity index (χ0n) is 16.8. The van der Waals surface area contributed by atoms with Crippen LogP contribution in [0.15, 0.2) is 54.6 Å². The van der Waals surface area contributed by atoms with Gasteiger partial charge in [-0.1, -0.05) is 30.4 Å². The first-order chi connectivity index (χ1) is 13.9. The molecule has 0 aromatic heterocycles. The maximum absolute atomic E-state index is 10.2. The monoisotopic (exact) mass is 409 g/mol. The average Bonchev–Trinajstić information content (AvgIpc) is 2.71. The van der Waals surface area contributed by atoms with E-state index in [2.05, 4.69) is 5.32 Å². The Kier molecular flexibility index (Phi) is 20.8. The Hall–Kier alpha value is -2.94. The topological polar surface area (TPSA) is 136 Å². The highest BCUT2D eigenvalue weighted by molar-refractivity contribution is 5.85. The lowest BCUT2D eigenvalue weighted by Crippen LogP contribution is -2.21. The molecule has 29 heavy (non-hydrogen) atoms. The molecule has 0 unspecified atom stereocenters. The van der Waals surface area contributed by atoms with Crippen molar-refractivity contribution in [1.82, 2.24) is 5.32 Å². The molecule has 0 aliphatic rings. The van der Waals surface area contributed by atoms with E-state index in [0.29, 0.717) is 19.5 Å². The molecule has 1 rings (SSSR count). The van der Waals surface area contributed by atoms with E-state index >= 15 is 0 Å². The Labute approximate surface area is 171 Å². The number of aliphatic carboxylic acids is 2. The van der Waals surface area contributed by atoms with E-state index in [-0.39, 0.29) is 13.2 Å². The summed E-state index contributed by atoms with van der Waals surface area (Å²) < 4.78 is 4.95. The van der Waals surface area contributed by atoms with Crippen LogP contribution in [0.3, 0.4) is 0 Å². The molecule has 1 aromatic rings. The van der Waals surface area contributed by atoms with Crippen LogP contribution < -0.4 is 10.1 Å². The predicted octanol–water partition coefficient (Wildman–Crippen LogP) is 1.95. The van der Waals surface area contributed by atoms with Gasteiger partial charge in [0.05, 0.1) is 20.3 Å². The van der Waals surface area contributed by atoms with Crippen LogP contribution in [0.5, 0.6) is 5.75 Å². The summed E-state index contributed by atoms with van der Waals surface area (Å²) in [6, 6.07) is 7.14. The SMILES string of the molecule is C/C=C\C/C=C/C(=O)O.COc1ccc(/C=C/C(=O)O)cc1.OCCNCCO. The molecule has 8 nitrogen and oxygen atoms in total. The van der Waals surface area contributed by atoms with Crippen molar-refractivity contribution in [2.24, 2.45) is 0 Å². The number of carbonyl (C=O) groups is 2. The minimum atomic E-state index is -0.948. The van der Waals surface area contributed by atoms with Crippen LogP contribution in [0.25, 0.3) is 6.08 Å². The number of hydrogen-bond donors (Lipinski definition) is 5. The molecule has 5 N–H and O–H groups in total. The summed E-state index contributed by atoms with van der Waals surface area (Å²) in [5.41, 5.74) is 0.836. The van der Waals surface area contributed by atoms with Crippen molar-refractivity contribution >= 4 is 18.0 Å². The van der Waals surface area contributed by atoms with Gasteiger partial charge in [-0.05, 0) is 37.1 Å². The number of hydrogen-bond acceptors (Lipinski definition) is 6. The van der Waals surface area contributed by atoms with Crippen LogP contribution in [0.4, 0.5) is 0 Å². The summed E-state index contributed by atoms with van der Waals surface area (Å²) in [7, 11) is 1.59. The van der Waals surface area contributed by atoms with E-state index in [1.54, 1.807) is 37.5 Å². The molecule has 0 saturated carbocycles. The van der Waals surface area contributed by atoms with Gasteiger partial charge in [-0.25, -0.2) is 9.59 Å². The zero-order valence-corrected chi connectivity index (χ0v) is 16.8. The molecular weight excluding hydrogens is 378 g/mol. The number of carboxylic acids is 2. The standard InChI is InChI=1S/C10H10O3.C7H10O2.C4H11NO2/c1-13-9-5-2-8(3-6-9)4-7-10(11)12;1-2-3-4-5-6-7(8)9;6-3-1-5-2-4-7/h2-7H,1H3,(H,11,12);2-3,5-6H,4H2,1H3,(H,8,9);5-7H,1-4H2/b7-4+;3-2-,6-5+;. The lowest BCUT2D eigenvalue weighted by atomic mass is 10.2. The molecule has 0 aliphatic carbocycles. The Morgan fingerprint density at radius 3 is 1.93 bits per heavy atom. The van der Waals surface area contributed by atoms with Crippen molar-refractivity contribution in [1.29, 1.82) is 0 Å². The molecular formula is C21H31NO7. The fourth-order valence-corrected chi connectivity index (χ4v) is 1.55. The number of carboxylic acid groups (broad SMARTS) is 2. The Bertz CT molecular complexity index is 618. The molecule has 0 saturated heterocycles. The Morgan fingerprint density at radius 2 is 1.52 bits per heavy atom. The number of nitrogens with one attached hydrogen (secondary N) is 1. The fourth-order valence-electron chi connectivity index (χ4n) is 1.55. The number of rotatable bonds is 10. The van der Waals surface area contributed by atoms with Gasteiger partial charge in [0.1, 0.15) is 5.75 Å². The maximum atomic E-state index is 10.2. The highest BCUT2D eigenvalue weighted by atomic mass is 16.5. The highest BCUT2D eigenvalue weighted by Crippen LogP contribution is 2.11. The van der Waals surface area contributed by atoms with Crippen LogP contribution in [-0.4, -0.2) is 65.8 Å². The zero-order chi connectivity index (χ0) is 22.3. The highest BCUT2D eigenvalue weighted by Gasteiger charge is 1.91. The number of methoxy groups -OCH3 is 1. The van der Waals surface area contributed by atoms with Crippen LogP contribution in [0.2, 0.25) is 0 Å². The fraction of sp³-hybridized carbons (Fsp3) is 0.333. The molecule has 0 amide bonds. The second kappa shape index (κ2) is 21.4. The minimum absolute atomic E-state index is 0.139. The molecule has 0 aliphatic heterocycles. The van der Waals surface area contributed by atoms with Crippen LogP contribution in [0, 0.1) is 0 Å². The van der Waals surface area contributed by atoms with E-state index in [0.717, 1.165) is 23.5 Å². The third-order valence-corrected chi connectivity index (χ3v) is 2.88. The third-order valence-electron chi connectivity index (χ3n) is 2.88. The first kappa shape index (κ1) is 28.3. The van der Waals surface area contributed by atoms with Gasteiger partial charge in [0.2, 0.25) is 0 Å². The van der Waals surface area contributed by atoms with Crippen molar-refractivity contribution in [3.63, 3.8) is 0 Å². The first-order valence-corrected chi connectivity index (χ1v) is 8.89. The van der Waals surface area contributed by atoms with E-state index in [4.69, 9.17) is 25.2 Å². The van der Waals surface area contributed by atoms with Crippen LogP contribution >= 0.6 is 0 Å². The van der Waals surface area contributed by atoms with E-state index < -0.39 is 11.9 Å². The van der Waals surface area contributed by atoms with Gasteiger partial charge in [-0.15, -0.1) is 0 Å².